The molecule has 3 heterocycles. The van der Waals surface area contributed by atoms with Crippen LogP contribution < -0.4 is 10.2 Å². The minimum atomic E-state index is -0.0553. The molecule has 17 heavy (non-hydrogen) atoms. The molecule has 6 heteroatoms. The first-order valence-electron chi connectivity index (χ1n) is 5.13. The molecular weight excluding hydrogens is 218 g/mol. The van der Waals surface area contributed by atoms with Crippen LogP contribution in [0.2, 0.25) is 0 Å². The highest BCUT2D eigenvalue weighted by atomic mass is 16.2. The van der Waals surface area contributed by atoms with E-state index < -0.39 is 0 Å². The Labute approximate surface area is 97.3 Å². The van der Waals surface area contributed by atoms with E-state index in [1.807, 2.05) is 6.07 Å². The van der Waals surface area contributed by atoms with Crippen LogP contribution in [0, 0.1) is 0 Å². The minimum absolute atomic E-state index is 0.0553. The molecule has 0 atom stereocenters. The van der Waals surface area contributed by atoms with Crippen molar-refractivity contribution in [2.24, 2.45) is 0 Å². The van der Waals surface area contributed by atoms with Crippen LogP contribution in [0.15, 0.2) is 37.1 Å². The number of nitrogens with zero attached hydrogens (tertiary/aromatic N) is 4. The Morgan fingerprint density at radius 3 is 3.06 bits per heavy atom. The van der Waals surface area contributed by atoms with Gasteiger partial charge in [-0.3, -0.25) is 14.7 Å². The van der Waals surface area contributed by atoms with Gasteiger partial charge < -0.3 is 5.32 Å². The van der Waals surface area contributed by atoms with Crippen LogP contribution in [0.4, 0.5) is 17.2 Å². The maximum Gasteiger partial charge on any atom is 0.251 e. The highest BCUT2D eigenvalue weighted by Crippen LogP contribution is 2.31. The lowest BCUT2D eigenvalue weighted by Crippen LogP contribution is -2.37. The lowest BCUT2D eigenvalue weighted by Gasteiger charge is -2.28. The largest absolute Gasteiger partial charge is 0.359 e. The smallest absolute Gasteiger partial charge is 0.251 e. The number of hydrogen-bond acceptors (Lipinski definition) is 5. The molecule has 0 fully saturated rings. The zero-order chi connectivity index (χ0) is 11.7. The van der Waals surface area contributed by atoms with E-state index in [9.17, 15) is 4.79 Å². The lowest BCUT2D eigenvalue weighted by atomic mass is 10.2. The summed E-state index contributed by atoms with van der Waals surface area (Å²) in [6.45, 7) is 0.221. The molecule has 0 unspecified atom stereocenters. The van der Waals surface area contributed by atoms with Gasteiger partial charge in [0.1, 0.15) is 12.0 Å². The summed E-state index contributed by atoms with van der Waals surface area (Å²) in [7, 11) is 0. The van der Waals surface area contributed by atoms with Gasteiger partial charge >= 0.3 is 0 Å². The van der Waals surface area contributed by atoms with Crippen LogP contribution in [0.3, 0.4) is 0 Å². The fraction of sp³-hybridized carbons (Fsp3) is 0.0909. The second-order valence-corrected chi connectivity index (χ2v) is 3.55. The average Bonchev–Trinajstić information content (AvgIpc) is 2.39. The molecule has 0 saturated heterocycles. The van der Waals surface area contributed by atoms with E-state index in [1.54, 1.807) is 29.6 Å². The molecule has 1 aliphatic heterocycles. The van der Waals surface area contributed by atoms with E-state index in [0.717, 1.165) is 5.69 Å². The number of fused-ring (bicyclic) bond motifs is 1. The Kier molecular flexibility index (Phi) is 2.18. The summed E-state index contributed by atoms with van der Waals surface area (Å²) in [6, 6.07) is 3.61. The van der Waals surface area contributed by atoms with Crippen molar-refractivity contribution in [3.63, 3.8) is 0 Å². The molecule has 0 aliphatic carbocycles. The number of pyridine rings is 1. The summed E-state index contributed by atoms with van der Waals surface area (Å²) in [6.07, 6.45) is 6.36. The van der Waals surface area contributed by atoms with Crippen LogP contribution in [0.5, 0.6) is 0 Å². The fourth-order valence-corrected chi connectivity index (χ4v) is 1.76. The van der Waals surface area contributed by atoms with Gasteiger partial charge in [-0.25, -0.2) is 9.97 Å². The van der Waals surface area contributed by atoms with Gasteiger partial charge in [-0.05, 0) is 12.1 Å². The molecular formula is C11H9N5O. The number of hydrogen-bond donors (Lipinski definition) is 1. The van der Waals surface area contributed by atoms with Crippen molar-refractivity contribution in [3.8, 4) is 0 Å². The monoisotopic (exact) mass is 227 g/mol. The highest BCUT2D eigenvalue weighted by Gasteiger charge is 2.26. The number of anilines is 3. The second kappa shape index (κ2) is 3.82. The van der Waals surface area contributed by atoms with E-state index >= 15 is 0 Å². The van der Waals surface area contributed by atoms with Crippen molar-refractivity contribution >= 4 is 23.1 Å². The van der Waals surface area contributed by atoms with Crippen molar-refractivity contribution in [2.75, 3.05) is 16.8 Å². The van der Waals surface area contributed by atoms with Crippen molar-refractivity contribution in [1.29, 1.82) is 0 Å². The Bertz CT molecular complexity index is 557. The predicted octanol–water partition coefficient (Wildman–Crippen LogP) is 0.962. The highest BCUT2D eigenvalue weighted by molar-refractivity contribution is 6.07. The van der Waals surface area contributed by atoms with Gasteiger partial charge in [0.05, 0.1) is 24.6 Å². The molecule has 0 bridgehead atoms. The molecule has 1 N–H and O–H groups in total. The van der Waals surface area contributed by atoms with Crippen LogP contribution in [-0.2, 0) is 4.79 Å². The lowest BCUT2D eigenvalue weighted by molar-refractivity contribution is -0.116. The number of amides is 1. The summed E-state index contributed by atoms with van der Waals surface area (Å²) >= 11 is 0. The normalized spacial score (nSPS) is 14.1. The summed E-state index contributed by atoms with van der Waals surface area (Å²) in [5, 5.41) is 2.95. The Morgan fingerprint density at radius 2 is 2.24 bits per heavy atom. The van der Waals surface area contributed by atoms with Gasteiger partial charge in [0.2, 0.25) is 0 Å². The van der Waals surface area contributed by atoms with Gasteiger partial charge in [-0.1, -0.05) is 0 Å². The molecule has 0 radical (unpaired) electrons. The van der Waals surface area contributed by atoms with Crippen LogP contribution in [0.1, 0.15) is 0 Å². The molecule has 6 nitrogen and oxygen atoms in total. The number of rotatable bonds is 1. The number of nitrogens with one attached hydrogen (secondary N) is 1. The van der Waals surface area contributed by atoms with Gasteiger partial charge in [-0.2, -0.15) is 0 Å². The molecule has 2 aromatic heterocycles. The van der Waals surface area contributed by atoms with Gasteiger partial charge in [0.15, 0.2) is 5.82 Å². The van der Waals surface area contributed by atoms with Crippen molar-refractivity contribution in [3.05, 3.63) is 37.1 Å². The molecule has 1 aliphatic rings. The zero-order valence-corrected chi connectivity index (χ0v) is 8.87. The maximum atomic E-state index is 11.9. The first-order valence-corrected chi connectivity index (χ1v) is 5.13. The van der Waals surface area contributed by atoms with Crippen molar-refractivity contribution in [2.45, 2.75) is 0 Å². The number of carbonyl (C=O) groups is 1. The Morgan fingerprint density at radius 1 is 1.29 bits per heavy atom. The quantitative estimate of drug-likeness (QED) is 0.785. The van der Waals surface area contributed by atoms with E-state index in [-0.39, 0.29) is 12.5 Å². The summed E-state index contributed by atoms with van der Waals surface area (Å²) in [5.41, 5.74) is 1.37. The van der Waals surface area contributed by atoms with Crippen LogP contribution in [0.25, 0.3) is 0 Å². The van der Waals surface area contributed by atoms with Gasteiger partial charge in [0, 0.05) is 6.20 Å². The topological polar surface area (TPSA) is 71.0 Å². The van der Waals surface area contributed by atoms with E-state index in [4.69, 9.17) is 0 Å². The van der Waals surface area contributed by atoms with Gasteiger partial charge in [0.25, 0.3) is 5.91 Å². The third kappa shape index (κ3) is 1.59. The van der Waals surface area contributed by atoms with Gasteiger partial charge in [-0.15, -0.1) is 0 Å². The van der Waals surface area contributed by atoms with E-state index in [1.165, 1.54) is 6.33 Å². The standard InChI is InChI=1S/C11H9N5O/c17-10-6-14-11-9(5-13-7-15-11)16(10)8-2-1-3-12-4-8/h1-5,7H,6H2,(H,13,14,15). The van der Waals surface area contributed by atoms with E-state index in [2.05, 4.69) is 20.3 Å². The maximum absolute atomic E-state index is 11.9. The Balaban J connectivity index is 2.13. The third-order valence-electron chi connectivity index (χ3n) is 2.49. The first kappa shape index (κ1) is 9.71. The number of carbonyl (C=O) groups excluding carboxylic acids is 1. The predicted molar refractivity (Wildman–Crippen MR) is 61.9 cm³/mol. The molecule has 0 saturated carbocycles. The van der Waals surface area contributed by atoms with Crippen LogP contribution >= 0.6 is 0 Å². The summed E-state index contributed by atoms with van der Waals surface area (Å²) < 4.78 is 0. The van der Waals surface area contributed by atoms with Crippen LogP contribution in [-0.4, -0.2) is 27.4 Å². The summed E-state index contributed by atoms with van der Waals surface area (Å²) in [5.74, 6) is 0.601. The SMILES string of the molecule is O=C1CNc2ncncc2N1c1cccnc1. The van der Waals surface area contributed by atoms with Crippen molar-refractivity contribution < 1.29 is 4.79 Å². The van der Waals surface area contributed by atoms with Crippen molar-refractivity contribution in [1.82, 2.24) is 15.0 Å². The summed E-state index contributed by atoms with van der Waals surface area (Å²) in [4.78, 5) is 25.6. The molecule has 0 aromatic carbocycles. The molecule has 1 amide bonds. The second-order valence-electron chi connectivity index (χ2n) is 3.55. The molecule has 3 rings (SSSR count). The molecule has 84 valence electrons. The average molecular weight is 227 g/mol. The zero-order valence-electron chi connectivity index (χ0n) is 8.87. The van der Waals surface area contributed by atoms with E-state index in [0.29, 0.717) is 11.5 Å². The first-order chi connectivity index (χ1) is 8.36. The minimum Gasteiger partial charge on any atom is -0.359 e. The third-order valence-corrected chi connectivity index (χ3v) is 2.49. The number of aromatic nitrogens is 3. The molecule has 0 spiro atoms. The Hall–Kier alpha value is -2.50. The molecule has 2 aromatic rings. The fourth-order valence-electron chi connectivity index (χ4n) is 1.76.